The van der Waals surface area contributed by atoms with Crippen LogP contribution in [0.2, 0.25) is 0 Å². The van der Waals surface area contributed by atoms with Gasteiger partial charge >= 0.3 is 6.09 Å². The normalized spacial score (nSPS) is 18.6. The maximum atomic E-state index is 12.3. The van der Waals surface area contributed by atoms with E-state index in [9.17, 15) is 4.79 Å². The molecule has 0 aliphatic carbocycles. The van der Waals surface area contributed by atoms with E-state index in [4.69, 9.17) is 4.74 Å². The summed E-state index contributed by atoms with van der Waals surface area (Å²) in [4.78, 5) is 14.1. The molecule has 1 fully saturated rings. The van der Waals surface area contributed by atoms with E-state index in [0.29, 0.717) is 13.1 Å². The van der Waals surface area contributed by atoms with E-state index in [0.717, 1.165) is 13.0 Å². The smallest absolute Gasteiger partial charge is 0.410 e. The number of rotatable bonds is 2. The maximum Gasteiger partial charge on any atom is 0.410 e. The molecule has 1 aliphatic heterocycles. The van der Waals surface area contributed by atoms with Crippen molar-refractivity contribution in [2.24, 2.45) is 0 Å². The van der Waals surface area contributed by atoms with Crippen molar-refractivity contribution in [3.8, 4) is 0 Å². The molecule has 0 saturated carbocycles. The molecule has 1 heterocycles. The fourth-order valence-corrected chi connectivity index (χ4v) is 3.10. The second kappa shape index (κ2) is 6.81. The van der Waals surface area contributed by atoms with Gasteiger partial charge in [0, 0.05) is 25.7 Å². The molecule has 0 bridgehead atoms. The third kappa shape index (κ3) is 4.26. The number of nitrogens with zero attached hydrogens (tertiary/aromatic N) is 1. The first-order chi connectivity index (χ1) is 11.4. The number of fused-ring (bicyclic) bond motifs is 1. The van der Waals surface area contributed by atoms with Crippen molar-refractivity contribution in [3.05, 3.63) is 48.0 Å². The van der Waals surface area contributed by atoms with Crippen molar-refractivity contribution in [1.29, 1.82) is 0 Å². The zero-order valence-corrected chi connectivity index (χ0v) is 14.7. The standard InChI is InChI=1S/C20H26N2O2/c1-20(2,3)24-19(23)22-11-10-21-18(14-22)13-15-8-9-16-6-4-5-7-17(16)12-15/h4-9,12,18,21H,10-11,13-14H2,1-3H3. The molecule has 1 unspecified atom stereocenters. The van der Waals surface area contributed by atoms with Crippen LogP contribution in [-0.2, 0) is 11.2 Å². The van der Waals surface area contributed by atoms with Gasteiger partial charge in [0.1, 0.15) is 5.60 Å². The Bertz CT molecular complexity index is 721. The highest BCUT2D eigenvalue weighted by molar-refractivity contribution is 5.83. The highest BCUT2D eigenvalue weighted by atomic mass is 16.6. The second-order valence-corrected chi connectivity index (χ2v) is 7.46. The molecule has 3 rings (SSSR count). The summed E-state index contributed by atoms with van der Waals surface area (Å²) < 4.78 is 5.49. The van der Waals surface area contributed by atoms with Gasteiger partial charge in [-0.1, -0.05) is 42.5 Å². The summed E-state index contributed by atoms with van der Waals surface area (Å²) in [5.74, 6) is 0. The quantitative estimate of drug-likeness (QED) is 0.917. The SMILES string of the molecule is CC(C)(C)OC(=O)N1CCNC(Cc2ccc3ccccc3c2)C1. The number of nitrogens with one attached hydrogen (secondary N) is 1. The van der Waals surface area contributed by atoms with E-state index in [2.05, 4.69) is 47.8 Å². The Balaban J connectivity index is 1.65. The summed E-state index contributed by atoms with van der Waals surface area (Å²) in [5.41, 5.74) is 0.841. The van der Waals surface area contributed by atoms with E-state index in [-0.39, 0.29) is 12.1 Å². The minimum Gasteiger partial charge on any atom is -0.444 e. The van der Waals surface area contributed by atoms with E-state index in [1.807, 2.05) is 25.7 Å². The number of amides is 1. The number of piperazine rings is 1. The Morgan fingerprint density at radius 3 is 2.71 bits per heavy atom. The predicted molar refractivity (Wildman–Crippen MR) is 97.2 cm³/mol. The summed E-state index contributed by atoms with van der Waals surface area (Å²) in [6.45, 7) is 7.89. The zero-order chi connectivity index (χ0) is 17.2. The van der Waals surface area contributed by atoms with Crippen molar-refractivity contribution in [3.63, 3.8) is 0 Å². The van der Waals surface area contributed by atoms with Crippen molar-refractivity contribution in [1.82, 2.24) is 10.2 Å². The molecule has 1 saturated heterocycles. The van der Waals surface area contributed by atoms with Gasteiger partial charge in [-0.2, -0.15) is 0 Å². The fraction of sp³-hybridized carbons (Fsp3) is 0.450. The van der Waals surface area contributed by atoms with Gasteiger partial charge in [-0.25, -0.2) is 4.79 Å². The average Bonchev–Trinajstić information content (AvgIpc) is 2.53. The number of benzene rings is 2. The maximum absolute atomic E-state index is 12.3. The average molecular weight is 326 g/mol. The molecule has 0 radical (unpaired) electrons. The largest absolute Gasteiger partial charge is 0.444 e. The Hall–Kier alpha value is -2.07. The molecular weight excluding hydrogens is 300 g/mol. The summed E-state index contributed by atoms with van der Waals surface area (Å²) in [6.07, 6.45) is 0.692. The van der Waals surface area contributed by atoms with E-state index in [1.165, 1.54) is 16.3 Å². The third-order valence-corrected chi connectivity index (χ3v) is 4.20. The Kier molecular flexibility index (Phi) is 4.76. The molecule has 1 amide bonds. The summed E-state index contributed by atoms with van der Waals surface area (Å²) in [6, 6.07) is 15.2. The second-order valence-electron chi connectivity index (χ2n) is 7.46. The molecular formula is C20H26N2O2. The molecule has 24 heavy (non-hydrogen) atoms. The topological polar surface area (TPSA) is 41.6 Å². The van der Waals surface area contributed by atoms with Crippen molar-refractivity contribution >= 4 is 16.9 Å². The molecule has 2 aromatic rings. The molecule has 4 heteroatoms. The lowest BCUT2D eigenvalue weighted by molar-refractivity contribution is 0.0195. The van der Waals surface area contributed by atoms with Crippen LogP contribution in [0.5, 0.6) is 0 Å². The molecule has 4 nitrogen and oxygen atoms in total. The van der Waals surface area contributed by atoms with E-state index in [1.54, 1.807) is 0 Å². The number of carbonyl (C=O) groups is 1. The van der Waals surface area contributed by atoms with Crippen molar-refractivity contribution < 1.29 is 9.53 Å². The molecule has 0 aromatic heterocycles. The number of hydrogen-bond donors (Lipinski definition) is 1. The third-order valence-electron chi connectivity index (χ3n) is 4.20. The Labute approximate surface area is 143 Å². The summed E-state index contributed by atoms with van der Waals surface area (Å²) in [5, 5.41) is 6.03. The van der Waals surface area contributed by atoms with Crippen molar-refractivity contribution in [2.45, 2.75) is 38.8 Å². The molecule has 128 valence electrons. The van der Waals surface area contributed by atoms with Gasteiger partial charge in [-0.05, 0) is 43.5 Å². The molecule has 2 aromatic carbocycles. The van der Waals surface area contributed by atoms with Crippen LogP contribution in [0.25, 0.3) is 10.8 Å². The van der Waals surface area contributed by atoms with Crippen LogP contribution in [0.1, 0.15) is 26.3 Å². The molecule has 1 aliphatic rings. The van der Waals surface area contributed by atoms with Crippen LogP contribution in [0, 0.1) is 0 Å². The zero-order valence-electron chi connectivity index (χ0n) is 14.7. The lowest BCUT2D eigenvalue weighted by atomic mass is 10.0. The van der Waals surface area contributed by atoms with Gasteiger partial charge in [0.25, 0.3) is 0 Å². The number of hydrogen-bond acceptors (Lipinski definition) is 3. The molecule has 0 spiro atoms. The van der Waals surface area contributed by atoms with Gasteiger partial charge in [-0.3, -0.25) is 0 Å². The van der Waals surface area contributed by atoms with Crippen molar-refractivity contribution in [2.75, 3.05) is 19.6 Å². The van der Waals surface area contributed by atoms with Gasteiger partial charge in [0.05, 0.1) is 0 Å². The van der Waals surface area contributed by atoms with Gasteiger partial charge < -0.3 is 15.0 Å². The minimum absolute atomic E-state index is 0.215. The Morgan fingerprint density at radius 1 is 1.21 bits per heavy atom. The highest BCUT2D eigenvalue weighted by Gasteiger charge is 2.27. The lowest BCUT2D eigenvalue weighted by Crippen LogP contribution is -2.54. The van der Waals surface area contributed by atoms with Gasteiger partial charge in [0.15, 0.2) is 0 Å². The van der Waals surface area contributed by atoms with Gasteiger partial charge in [-0.15, -0.1) is 0 Å². The van der Waals surface area contributed by atoms with Gasteiger partial charge in [0.2, 0.25) is 0 Å². The minimum atomic E-state index is -0.449. The van der Waals surface area contributed by atoms with E-state index < -0.39 is 5.60 Å². The van der Waals surface area contributed by atoms with Crippen LogP contribution in [0.4, 0.5) is 4.79 Å². The number of carbonyl (C=O) groups excluding carboxylic acids is 1. The first kappa shape index (κ1) is 16.8. The summed E-state index contributed by atoms with van der Waals surface area (Å²) in [7, 11) is 0. The molecule has 1 N–H and O–H groups in total. The predicted octanol–water partition coefficient (Wildman–Crippen LogP) is 3.59. The first-order valence-corrected chi connectivity index (χ1v) is 8.60. The van der Waals surface area contributed by atoms with E-state index >= 15 is 0 Å². The number of ether oxygens (including phenoxy) is 1. The van der Waals surface area contributed by atoms with Crippen LogP contribution >= 0.6 is 0 Å². The monoisotopic (exact) mass is 326 g/mol. The Morgan fingerprint density at radius 2 is 1.96 bits per heavy atom. The highest BCUT2D eigenvalue weighted by Crippen LogP contribution is 2.18. The van der Waals surface area contributed by atoms with Crippen LogP contribution < -0.4 is 5.32 Å². The lowest BCUT2D eigenvalue weighted by Gasteiger charge is -2.35. The summed E-state index contributed by atoms with van der Waals surface area (Å²) >= 11 is 0. The van der Waals surface area contributed by atoms with Crippen LogP contribution in [0.3, 0.4) is 0 Å². The fourth-order valence-electron chi connectivity index (χ4n) is 3.10. The molecule has 1 atom stereocenters. The first-order valence-electron chi connectivity index (χ1n) is 8.60. The van der Waals surface area contributed by atoms with Crippen LogP contribution in [-0.4, -0.2) is 42.3 Å². The van der Waals surface area contributed by atoms with Crippen LogP contribution in [0.15, 0.2) is 42.5 Å².